The summed E-state index contributed by atoms with van der Waals surface area (Å²) >= 11 is 0. The minimum Gasteiger partial charge on any atom is -0.330 e. The van der Waals surface area contributed by atoms with E-state index in [9.17, 15) is 4.79 Å². The minimum absolute atomic E-state index is 0.0479. The molecular formula is C15H19N5O. The second-order valence-corrected chi connectivity index (χ2v) is 5.46. The van der Waals surface area contributed by atoms with Crippen molar-refractivity contribution < 1.29 is 4.79 Å². The van der Waals surface area contributed by atoms with Crippen LogP contribution in [0.5, 0.6) is 0 Å². The van der Waals surface area contributed by atoms with Gasteiger partial charge in [0.2, 0.25) is 0 Å². The van der Waals surface area contributed by atoms with Crippen LogP contribution in [0.4, 0.5) is 0 Å². The van der Waals surface area contributed by atoms with E-state index in [1.54, 1.807) is 12.4 Å². The van der Waals surface area contributed by atoms with Crippen LogP contribution < -0.4 is 0 Å². The molecule has 2 aromatic heterocycles. The second kappa shape index (κ2) is 5.27. The molecule has 0 bridgehead atoms. The summed E-state index contributed by atoms with van der Waals surface area (Å²) in [4.78, 5) is 22.7. The molecule has 0 unspecified atom stereocenters. The monoisotopic (exact) mass is 285 g/mol. The molecule has 3 rings (SSSR count). The van der Waals surface area contributed by atoms with Crippen molar-refractivity contribution in [2.45, 2.75) is 32.7 Å². The number of hydrogen-bond acceptors (Lipinski definition) is 4. The Morgan fingerprint density at radius 3 is 2.76 bits per heavy atom. The van der Waals surface area contributed by atoms with Gasteiger partial charge in [-0.15, -0.1) is 0 Å². The van der Waals surface area contributed by atoms with Crippen LogP contribution in [0.3, 0.4) is 0 Å². The van der Waals surface area contributed by atoms with Crippen molar-refractivity contribution in [2.24, 2.45) is 7.05 Å². The third-order valence-corrected chi connectivity index (χ3v) is 4.19. The van der Waals surface area contributed by atoms with Crippen LogP contribution in [-0.2, 0) is 7.05 Å². The lowest BCUT2D eigenvalue weighted by Gasteiger charge is -2.25. The van der Waals surface area contributed by atoms with Gasteiger partial charge in [-0.3, -0.25) is 14.5 Å². The summed E-state index contributed by atoms with van der Waals surface area (Å²) in [5.74, 6) is -0.0479. The minimum atomic E-state index is -0.0479. The quantitative estimate of drug-likeness (QED) is 0.844. The van der Waals surface area contributed by atoms with Crippen molar-refractivity contribution in [3.63, 3.8) is 0 Å². The molecule has 1 atom stereocenters. The number of carbonyl (C=O) groups excluding carboxylic acids is 1. The lowest BCUT2D eigenvalue weighted by molar-refractivity contribution is 0.0728. The lowest BCUT2D eigenvalue weighted by Crippen LogP contribution is -2.31. The van der Waals surface area contributed by atoms with E-state index in [2.05, 4.69) is 22.0 Å². The molecule has 21 heavy (non-hydrogen) atoms. The molecule has 1 aliphatic heterocycles. The van der Waals surface area contributed by atoms with Crippen LogP contribution in [0.15, 0.2) is 18.6 Å². The van der Waals surface area contributed by atoms with Crippen LogP contribution in [0, 0.1) is 13.8 Å². The molecule has 6 nitrogen and oxygen atoms in total. The standard InChI is InChI=1S/C15H19N5O/c1-10-14(11(2)19(3)18-10)13-5-4-8-20(13)15(21)12-9-16-6-7-17-12/h6-7,9,13H,4-5,8H2,1-3H3/t13-/m0/s1. The molecule has 1 amide bonds. The maximum absolute atomic E-state index is 12.7. The average molecular weight is 285 g/mol. The van der Waals surface area contributed by atoms with Gasteiger partial charge in [-0.25, -0.2) is 4.98 Å². The lowest BCUT2D eigenvalue weighted by atomic mass is 10.0. The Kier molecular flexibility index (Phi) is 3.45. The van der Waals surface area contributed by atoms with E-state index >= 15 is 0 Å². The van der Waals surface area contributed by atoms with Gasteiger partial charge in [0.1, 0.15) is 5.69 Å². The van der Waals surface area contributed by atoms with Crippen LogP contribution in [0.1, 0.15) is 46.3 Å². The number of carbonyl (C=O) groups is 1. The van der Waals surface area contributed by atoms with Crippen LogP contribution >= 0.6 is 0 Å². The molecule has 2 aromatic rings. The molecule has 110 valence electrons. The Hall–Kier alpha value is -2.24. The highest BCUT2D eigenvalue weighted by Crippen LogP contribution is 2.36. The fourth-order valence-corrected chi connectivity index (χ4v) is 3.14. The van der Waals surface area contributed by atoms with Gasteiger partial charge in [-0.1, -0.05) is 0 Å². The molecule has 0 saturated carbocycles. The zero-order chi connectivity index (χ0) is 15.0. The average Bonchev–Trinajstić information content (AvgIpc) is 3.05. The van der Waals surface area contributed by atoms with Gasteiger partial charge in [-0.2, -0.15) is 5.10 Å². The highest BCUT2D eigenvalue weighted by atomic mass is 16.2. The highest BCUT2D eigenvalue weighted by molar-refractivity contribution is 5.92. The number of likely N-dealkylation sites (tertiary alicyclic amines) is 1. The van der Waals surface area contributed by atoms with Crippen molar-refractivity contribution in [1.82, 2.24) is 24.6 Å². The topological polar surface area (TPSA) is 63.9 Å². The number of aryl methyl sites for hydroxylation is 2. The maximum atomic E-state index is 12.7. The van der Waals surface area contributed by atoms with Gasteiger partial charge in [0.15, 0.2) is 0 Å². The Labute approximate surface area is 123 Å². The first kappa shape index (κ1) is 13.7. The third-order valence-electron chi connectivity index (χ3n) is 4.19. The molecule has 6 heteroatoms. The summed E-state index contributed by atoms with van der Waals surface area (Å²) in [6.45, 7) is 4.82. The van der Waals surface area contributed by atoms with E-state index in [1.165, 1.54) is 11.8 Å². The van der Waals surface area contributed by atoms with Crippen molar-refractivity contribution in [3.8, 4) is 0 Å². The highest BCUT2D eigenvalue weighted by Gasteiger charge is 2.34. The van der Waals surface area contributed by atoms with Gasteiger partial charge in [-0.05, 0) is 26.7 Å². The molecule has 3 heterocycles. The number of rotatable bonds is 2. The molecule has 1 saturated heterocycles. The Bertz CT molecular complexity index is 664. The Morgan fingerprint density at radius 2 is 2.14 bits per heavy atom. The molecule has 0 aromatic carbocycles. The van der Waals surface area contributed by atoms with Crippen molar-refractivity contribution in [2.75, 3.05) is 6.54 Å². The summed E-state index contributed by atoms with van der Waals surface area (Å²) in [5, 5.41) is 4.47. The number of amides is 1. The van der Waals surface area contributed by atoms with Crippen LogP contribution in [-0.4, -0.2) is 37.1 Å². The first-order valence-corrected chi connectivity index (χ1v) is 7.16. The number of nitrogens with zero attached hydrogens (tertiary/aromatic N) is 5. The van der Waals surface area contributed by atoms with E-state index < -0.39 is 0 Å². The fourth-order valence-electron chi connectivity index (χ4n) is 3.14. The van der Waals surface area contributed by atoms with E-state index in [0.29, 0.717) is 5.69 Å². The van der Waals surface area contributed by atoms with Gasteiger partial charge >= 0.3 is 0 Å². The predicted octanol–water partition coefficient (Wildman–Crippen LogP) is 1.80. The first-order chi connectivity index (χ1) is 10.1. The largest absolute Gasteiger partial charge is 0.330 e. The molecule has 0 radical (unpaired) electrons. The fraction of sp³-hybridized carbons (Fsp3) is 0.467. The van der Waals surface area contributed by atoms with E-state index in [-0.39, 0.29) is 11.9 Å². The summed E-state index contributed by atoms with van der Waals surface area (Å²) in [7, 11) is 1.94. The van der Waals surface area contributed by atoms with E-state index in [1.807, 2.05) is 23.6 Å². The molecule has 0 spiro atoms. The summed E-state index contributed by atoms with van der Waals surface area (Å²) in [6.07, 6.45) is 6.64. The normalized spacial score (nSPS) is 18.2. The molecule has 1 aliphatic rings. The number of hydrogen-bond donors (Lipinski definition) is 0. The molecule has 0 N–H and O–H groups in total. The Balaban J connectivity index is 1.94. The molecular weight excluding hydrogens is 266 g/mol. The SMILES string of the molecule is Cc1nn(C)c(C)c1[C@@H]1CCCN1C(=O)c1cnccn1. The number of aromatic nitrogens is 4. The smallest absolute Gasteiger partial charge is 0.274 e. The van der Waals surface area contributed by atoms with Crippen LogP contribution in [0.2, 0.25) is 0 Å². The van der Waals surface area contributed by atoms with Gasteiger partial charge in [0, 0.05) is 37.2 Å². The summed E-state index contributed by atoms with van der Waals surface area (Å²) in [5.41, 5.74) is 3.70. The van der Waals surface area contributed by atoms with Gasteiger partial charge < -0.3 is 4.90 Å². The third kappa shape index (κ3) is 2.30. The van der Waals surface area contributed by atoms with E-state index in [0.717, 1.165) is 30.8 Å². The van der Waals surface area contributed by atoms with Gasteiger partial charge in [0.05, 0.1) is 17.9 Å². The van der Waals surface area contributed by atoms with Gasteiger partial charge in [0.25, 0.3) is 5.91 Å². The summed E-state index contributed by atoms with van der Waals surface area (Å²) < 4.78 is 1.88. The molecule has 1 fully saturated rings. The zero-order valence-corrected chi connectivity index (χ0v) is 12.6. The zero-order valence-electron chi connectivity index (χ0n) is 12.6. The van der Waals surface area contributed by atoms with Crippen molar-refractivity contribution >= 4 is 5.91 Å². The van der Waals surface area contributed by atoms with E-state index in [4.69, 9.17) is 0 Å². The maximum Gasteiger partial charge on any atom is 0.274 e. The second-order valence-electron chi connectivity index (χ2n) is 5.46. The summed E-state index contributed by atoms with van der Waals surface area (Å²) in [6, 6.07) is 0.0909. The van der Waals surface area contributed by atoms with Crippen molar-refractivity contribution in [3.05, 3.63) is 41.2 Å². The first-order valence-electron chi connectivity index (χ1n) is 7.16. The van der Waals surface area contributed by atoms with Crippen LogP contribution in [0.25, 0.3) is 0 Å². The molecule has 0 aliphatic carbocycles. The predicted molar refractivity (Wildman–Crippen MR) is 77.7 cm³/mol. The van der Waals surface area contributed by atoms with Crippen molar-refractivity contribution in [1.29, 1.82) is 0 Å². The Morgan fingerprint density at radius 1 is 1.33 bits per heavy atom.